The highest BCUT2D eigenvalue weighted by atomic mass is 16.4. The van der Waals surface area contributed by atoms with Gasteiger partial charge < -0.3 is 20.4 Å². The van der Waals surface area contributed by atoms with Gasteiger partial charge in [0.2, 0.25) is 0 Å². The van der Waals surface area contributed by atoms with Crippen LogP contribution in [-0.4, -0.2) is 47.3 Å². The number of aliphatic hydroxyl groups excluding tert-OH is 1. The number of unbranched alkanes of at least 4 members (excludes halogenated alkanes) is 2. The summed E-state index contributed by atoms with van der Waals surface area (Å²) in [5.41, 5.74) is 1.23. The van der Waals surface area contributed by atoms with Gasteiger partial charge in [0.15, 0.2) is 0 Å². The summed E-state index contributed by atoms with van der Waals surface area (Å²) < 4.78 is 0. The highest BCUT2D eigenvalue weighted by Crippen LogP contribution is 2.12. The van der Waals surface area contributed by atoms with Crippen LogP contribution in [0.15, 0.2) is 24.3 Å². The van der Waals surface area contributed by atoms with Crippen molar-refractivity contribution in [3.63, 3.8) is 0 Å². The monoisotopic (exact) mass is 294 g/mol. The Bertz CT molecular complexity index is 476. The van der Waals surface area contributed by atoms with Crippen molar-refractivity contribution in [1.29, 1.82) is 0 Å². The maximum atomic E-state index is 12.0. The molecule has 3 N–H and O–H groups in total. The molecule has 1 aromatic carbocycles. The van der Waals surface area contributed by atoms with Gasteiger partial charge in [0, 0.05) is 25.9 Å². The zero-order chi connectivity index (χ0) is 15.7. The van der Waals surface area contributed by atoms with Gasteiger partial charge in [-0.2, -0.15) is 0 Å². The topological polar surface area (TPSA) is 89.9 Å². The summed E-state index contributed by atoms with van der Waals surface area (Å²) in [6.07, 6.45) is 2.39. The maximum Gasteiger partial charge on any atom is 0.321 e. The second-order valence-electron chi connectivity index (χ2n) is 4.91. The van der Waals surface area contributed by atoms with Crippen molar-refractivity contribution in [2.24, 2.45) is 0 Å². The Labute approximate surface area is 124 Å². The molecule has 0 aliphatic heterocycles. The number of carboxylic acid groups (broad SMARTS) is 1. The molecule has 0 fully saturated rings. The first-order valence-electron chi connectivity index (χ1n) is 6.96. The van der Waals surface area contributed by atoms with Gasteiger partial charge >= 0.3 is 12.0 Å². The molecule has 0 aliphatic carbocycles. The number of anilines is 1. The van der Waals surface area contributed by atoms with Gasteiger partial charge in [-0.1, -0.05) is 12.1 Å². The standard InChI is InChI=1S/C15H22N2O4/c1-17(8-3-2-4-9-18)15(21)16-13-7-5-6-12(10-13)11-14(19)20/h5-7,10,18H,2-4,8-9,11H2,1H3,(H,16,21)(H,19,20). The molecule has 0 saturated heterocycles. The highest BCUT2D eigenvalue weighted by Gasteiger charge is 2.09. The van der Waals surface area contributed by atoms with E-state index in [9.17, 15) is 9.59 Å². The second-order valence-corrected chi connectivity index (χ2v) is 4.91. The third-order valence-corrected chi connectivity index (χ3v) is 3.03. The summed E-state index contributed by atoms with van der Waals surface area (Å²) >= 11 is 0. The number of benzene rings is 1. The lowest BCUT2D eigenvalue weighted by molar-refractivity contribution is -0.136. The van der Waals surface area contributed by atoms with Crippen LogP contribution in [0.3, 0.4) is 0 Å². The lowest BCUT2D eigenvalue weighted by Gasteiger charge is -2.18. The van der Waals surface area contributed by atoms with Crippen LogP contribution in [0, 0.1) is 0 Å². The molecule has 1 aromatic rings. The summed E-state index contributed by atoms with van der Waals surface area (Å²) in [5.74, 6) is -0.903. The summed E-state index contributed by atoms with van der Waals surface area (Å²) in [7, 11) is 1.70. The van der Waals surface area contributed by atoms with Crippen LogP contribution >= 0.6 is 0 Å². The van der Waals surface area contributed by atoms with Crippen LogP contribution in [0.2, 0.25) is 0 Å². The molecule has 6 heteroatoms. The molecule has 0 aliphatic rings. The molecule has 0 unspecified atom stereocenters. The highest BCUT2D eigenvalue weighted by molar-refractivity contribution is 5.89. The van der Waals surface area contributed by atoms with Crippen molar-refractivity contribution in [1.82, 2.24) is 4.90 Å². The first kappa shape index (κ1) is 17.0. The van der Waals surface area contributed by atoms with E-state index in [1.807, 2.05) is 0 Å². The number of carbonyl (C=O) groups is 2. The van der Waals surface area contributed by atoms with Crippen LogP contribution < -0.4 is 5.32 Å². The zero-order valence-electron chi connectivity index (χ0n) is 12.2. The van der Waals surface area contributed by atoms with Crippen molar-refractivity contribution in [2.45, 2.75) is 25.7 Å². The van der Waals surface area contributed by atoms with E-state index < -0.39 is 5.97 Å². The van der Waals surface area contributed by atoms with E-state index in [1.165, 1.54) is 0 Å². The number of urea groups is 1. The van der Waals surface area contributed by atoms with E-state index in [0.717, 1.165) is 19.3 Å². The molecular formula is C15H22N2O4. The molecule has 0 atom stereocenters. The van der Waals surface area contributed by atoms with E-state index in [0.29, 0.717) is 17.8 Å². The number of hydrogen-bond acceptors (Lipinski definition) is 3. The molecule has 2 amide bonds. The Morgan fingerprint density at radius 3 is 2.67 bits per heavy atom. The third-order valence-electron chi connectivity index (χ3n) is 3.03. The van der Waals surface area contributed by atoms with Gasteiger partial charge in [0.05, 0.1) is 6.42 Å². The molecule has 0 bridgehead atoms. The number of nitrogens with zero attached hydrogens (tertiary/aromatic N) is 1. The fourth-order valence-corrected chi connectivity index (χ4v) is 1.89. The van der Waals surface area contributed by atoms with Crippen LogP contribution in [0.1, 0.15) is 24.8 Å². The number of carbonyl (C=O) groups excluding carboxylic acids is 1. The van der Waals surface area contributed by atoms with Gasteiger partial charge in [-0.15, -0.1) is 0 Å². The number of rotatable bonds is 8. The number of nitrogens with one attached hydrogen (secondary N) is 1. The summed E-state index contributed by atoms with van der Waals surface area (Å²) in [4.78, 5) is 24.2. The van der Waals surface area contributed by atoms with E-state index >= 15 is 0 Å². The SMILES string of the molecule is CN(CCCCCO)C(=O)Nc1cccc(CC(=O)O)c1. The number of amides is 2. The Morgan fingerprint density at radius 1 is 1.24 bits per heavy atom. The fraction of sp³-hybridized carbons (Fsp3) is 0.467. The molecule has 6 nitrogen and oxygen atoms in total. The van der Waals surface area contributed by atoms with Crippen molar-refractivity contribution in [3.05, 3.63) is 29.8 Å². The number of aliphatic hydroxyl groups is 1. The minimum absolute atomic E-state index is 0.0687. The summed E-state index contributed by atoms with van der Waals surface area (Å²) in [6.45, 7) is 0.785. The van der Waals surface area contributed by atoms with E-state index in [2.05, 4.69) is 5.32 Å². The average molecular weight is 294 g/mol. The number of carboxylic acids is 1. The predicted octanol–water partition coefficient (Wildman–Crippen LogP) is 1.94. The second kappa shape index (κ2) is 8.97. The average Bonchev–Trinajstić information content (AvgIpc) is 2.43. The minimum atomic E-state index is -0.903. The van der Waals surface area contributed by atoms with Crippen LogP contribution in [-0.2, 0) is 11.2 Å². The molecule has 0 radical (unpaired) electrons. The Balaban J connectivity index is 2.48. The Kier molecular flexibility index (Phi) is 7.25. The van der Waals surface area contributed by atoms with Gasteiger partial charge in [0.25, 0.3) is 0 Å². The van der Waals surface area contributed by atoms with E-state index in [1.54, 1.807) is 36.2 Å². The van der Waals surface area contributed by atoms with Crippen LogP contribution in [0.5, 0.6) is 0 Å². The molecule has 21 heavy (non-hydrogen) atoms. The predicted molar refractivity (Wildman–Crippen MR) is 80.4 cm³/mol. The van der Waals surface area contributed by atoms with Crippen molar-refractivity contribution in [2.75, 3.05) is 25.5 Å². The van der Waals surface area contributed by atoms with Crippen LogP contribution in [0.4, 0.5) is 10.5 Å². The largest absolute Gasteiger partial charge is 0.481 e. The van der Waals surface area contributed by atoms with Crippen molar-refractivity contribution >= 4 is 17.7 Å². The number of aliphatic carboxylic acids is 1. The zero-order valence-corrected chi connectivity index (χ0v) is 12.2. The van der Waals surface area contributed by atoms with Gasteiger partial charge in [-0.3, -0.25) is 4.79 Å². The lowest BCUT2D eigenvalue weighted by atomic mass is 10.1. The van der Waals surface area contributed by atoms with Crippen LogP contribution in [0.25, 0.3) is 0 Å². The molecular weight excluding hydrogens is 272 g/mol. The van der Waals surface area contributed by atoms with Crippen molar-refractivity contribution < 1.29 is 19.8 Å². The molecule has 116 valence electrons. The van der Waals surface area contributed by atoms with Gasteiger partial charge in [-0.05, 0) is 37.0 Å². The van der Waals surface area contributed by atoms with Crippen molar-refractivity contribution in [3.8, 4) is 0 Å². The van der Waals surface area contributed by atoms with E-state index in [4.69, 9.17) is 10.2 Å². The molecule has 0 saturated carbocycles. The Morgan fingerprint density at radius 2 is 2.00 bits per heavy atom. The molecule has 0 aromatic heterocycles. The summed E-state index contributed by atoms with van der Waals surface area (Å²) in [6, 6.07) is 6.58. The molecule has 0 heterocycles. The van der Waals surface area contributed by atoms with Gasteiger partial charge in [-0.25, -0.2) is 4.79 Å². The lowest BCUT2D eigenvalue weighted by Crippen LogP contribution is -2.32. The first-order valence-corrected chi connectivity index (χ1v) is 6.96. The molecule has 1 rings (SSSR count). The third kappa shape index (κ3) is 6.76. The first-order chi connectivity index (χ1) is 10.0. The number of hydrogen-bond donors (Lipinski definition) is 3. The van der Waals surface area contributed by atoms with Gasteiger partial charge in [0.1, 0.15) is 0 Å². The van der Waals surface area contributed by atoms with E-state index in [-0.39, 0.29) is 19.1 Å². The minimum Gasteiger partial charge on any atom is -0.481 e. The normalized spacial score (nSPS) is 10.2. The fourth-order valence-electron chi connectivity index (χ4n) is 1.89. The Hall–Kier alpha value is -2.08. The summed E-state index contributed by atoms with van der Waals surface area (Å²) in [5, 5.41) is 20.2. The smallest absolute Gasteiger partial charge is 0.321 e. The maximum absolute atomic E-state index is 12.0. The quantitative estimate of drug-likeness (QED) is 0.639. The molecule has 0 spiro atoms.